The number of halogens is 1. The molecule has 0 N–H and O–H groups in total. The molecule has 0 radical (unpaired) electrons. The molecule has 1 aliphatic carbocycles. The molecule has 3 nitrogen and oxygen atoms in total. The molecular formula is C20H22FNO2S. The Kier molecular flexibility index (Phi) is 5.33. The fraction of sp³-hybridized carbons (Fsp3) is 0.400. The summed E-state index contributed by atoms with van der Waals surface area (Å²) < 4.78 is 13.4. The molecular weight excluding hydrogens is 337 g/mol. The van der Waals surface area contributed by atoms with Gasteiger partial charge in [-0.3, -0.25) is 9.59 Å². The Balaban J connectivity index is 1.61. The molecule has 2 aromatic rings. The van der Waals surface area contributed by atoms with Crippen LogP contribution in [0.4, 0.5) is 4.39 Å². The number of aryl methyl sites for hydroxylation is 2. The summed E-state index contributed by atoms with van der Waals surface area (Å²) in [5.41, 5.74) is 1.52. The molecule has 5 heteroatoms. The quantitative estimate of drug-likeness (QED) is 0.674. The molecule has 1 aliphatic rings. The number of benzene rings is 1. The Bertz CT molecular complexity index is 795. The van der Waals surface area contributed by atoms with Gasteiger partial charge in [0.15, 0.2) is 5.78 Å². The van der Waals surface area contributed by atoms with Crippen LogP contribution in [0.25, 0.3) is 0 Å². The van der Waals surface area contributed by atoms with Gasteiger partial charge in [0.05, 0.1) is 0 Å². The van der Waals surface area contributed by atoms with E-state index in [-0.39, 0.29) is 36.4 Å². The minimum absolute atomic E-state index is 0.0234. The van der Waals surface area contributed by atoms with Crippen molar-refractivity contribution in [3.8, 4) is 0 Å². The first-order chi connectivity index (χ1) is 11.9. The molecule has 0 bridgehead atoms. The highest BCUT2D eigenvalue weighted by Crippen LogP contribution is 2.30. The molecule has 25 heavy (non-hydrogen) atoms. The number of thiophene rings is 1. The average molecular weight is 359 g/mol. The van der Waals surface area contributed by atoms with E-state index in [1.807, 2.05) is 26.0 Å². The van der Waals surface area contributed by atoms with Crippen LogP contribution in [0.2, 0.25) is 0 Å². The van der Waals surface area contributed by atoms with Crippen molar-refractivity contribution in [2.45, 2.75) is 52.1 Å². The third kappa shape index (κ3) is 4.54. The van der Waals surface area contributed by atoms with Crippen LogP contribution in [0.3, 0.4) is 0 Å². The number of ketones is 1. The summed E-state index contributed by atoms with van der Waals surface area (Å²) in [6.07, 6.45) is 2.40. The Morgan fingerprint density at radius 2 is 1.96 bits per heavy atom. The van der Waals surface area contributed by atoms with Crippen LogP contribution in [-0.2, 0) is 11.3 Å². The van der Waals surface area contributed by atoms with Crippen LogP contribution in [-0.4, -0.2) is 22.6 Å². The second-order valence-electron chi connectivity index (χ2n) is 6.63. The molecule has 1 fully saturated rings. The highest BCUT2D eigenvalue weighted by Gasteiger charge is 2.32. The number of hydrogen-bond acceptors (Lipinski definition) is 3. The summed E-state index contributed by atoms with van der Waals surface area (Å²) in [4.78, 5) is 28.9. The Labute approximate surface area is 151 Å². The van der Waals surface area contributed by atoms with E-state index in [1.165, 1.54) is 12.1 Å². The monoisotopic (exact) mass is 359 g/mol. The van der Waals surface area contributed by atoms with E-state index in [4.69, 9.17) is 0 Å². The summed E-state index contributed by atoms with van der Waals surface area (Å²) in [6, 6.07) is 8.48. The number of Topliss-reactive ketones (excluding diaryl/α,β-unsaturated/α-hetero) is 1. The largest absolute Gasteiger partial charge is 0.335 e. The van der Waals surface area contributed by atoms with Gasteiger partial charge in [0, 0.05) is 40.7 Å². The number of hydrogen-bond donors (Lipinski definition) is 0. The molecule has 1 aromatic carbocycles. The number of rotatable bonds is 7. The average Bonchev–Trinajstić information content (AvgIpc) is 3.34. The van der Waals surface area contributed by atoms with E-state index in [9.17, 15) is 14.0 Å². The smallest absolute Gasteiger partial charge is 0.223 e. The Hall–Kier alpha value is -2.01. The van der Waals surface area contributed by atoms with Crippen molar-refractivity contribution in [3.63, 3.8) is 0 Å². The third-order valence-corrected chi connectivity index (χ3v) is 5.42. The molecule has 0 saturated heterocycles. The van der Waals surface area contributed by atoms with Crippen molar-refractivity contribution in [2.75, 3.05) is 0 Å². The van der Waals surface area contributed by atoms with E-state index in [0.29, 0.717) is 6.54 Å². The molecule has 0 spiro atoms. The standard InChI is InChI=1S/C20H22FNO2S/c1-13-10-18(14(2)25-13)19(23)8-9-20(24)22(17-6-7-17)12-15-4-3-5-16(21)11-15/h3-5,10-11,17H,6-9,12H2,1-2H3. The number of nitrogens with zero attached hydrogens (tertiary/aromatic N) is 1. The van der Waals surface area contributed by atoms with E-state index in [0.717, 1.165) is 33.7 Å². The van der Waals surface area contributed by atoms with E-state index in [1.54, 1.807) is 22.3 Å². The van der Waals surface area contributed by atoms with Gasteiger partial charge >= 0.3 is 0 Å². The number of amides is 1. The highest BCUT2D eigenvalue weighted by atomic mass is 32.1. The van der Waals surface area contributed by atoms with Gasteiger partial charge in [0.1, 0.15) is 5.82 Å². The first-order valence-electron chi connectivity index (χ1n) is 8.58. The normalized spacial score (nSPS) is 13.7. The lowest BCUT2D eigenvalue weighted by atomic mass is 10.1. The van der Waals surface area contributed by atoms with Crippen LogP contribution < -0.4 is 0 Å². The predicted molar refractivity (Wildman–Crippen MR) is 97.3 cm³/mol. The van der Waals surface area contributed by atoms with Crippen molar-refractivity contribution < 1.29 is 14.0 Å². The zero-order valence-corrected chi connectivity index (χ0v) is 15.4. The van der Waals surface area contributed by atoms with Crippen molar-refractivity contribution in [3.05, 3.63) is 57.0 Å². The zero-order valence-electron chi connectivity index (χ0n) is 14.5. The Morgan fingerprint density at radius 3 is 2.56 bits per heavy atom. The zero-order chi connectivity index (χ0) is 18.0. The highest BCUT2D eigenvalue weighted by molar-refractivity contribution is 7.12. The van der Waals surface area contributed by atoms with Crippen LogP contribution in [0.5, 0.6) is 0 Å². The summed E-state index contributed by atoms with van der Waals surface area (Å²) in [5, 5.41) is 0. The fourth-order valence-corrected chi connectivity index (χ4v) is 3.99. The minimum atomic E-state index is -0.292. The topological polar surface area (TPSA) is 37.4 Å². The Morgan fingerprint density at radius 1 is 1.20 bits per heavy atom. The predicted octanol–water partition coefficient (Wildman–Crippen LogP) is 4.66. The molecule has 1 heterocycles. The lowest BCUT2D eigenvalue weighted by Crippen LogP contribution is -2.32. The molecule has 0 unspecified atom stereocenters. The van der Waals surface area contributed by atoms with E-state index >= 15 is 0 Å². The van der Waals surface area contributed by atoms with E-state index in [2.05, 4.69) is 0 Å². The van der Waals surface area contributed by atoms with Crippen molar-refractivity contribution in [1.29, 1.82) is 0 Å². The molecule has 1 saturated carbocycles. The lowest BCUT2D eigenvalue weighted by molar-refractivity contribution is -0.132. The maximum Gasteiger partial charge on any atom is 0.223 e. The summed E-state index contributed by atoms with van der Waals surface area (Å²) in [7, 11) is 0. The molecule has 0 atom stereocenters. The van der Waals surface area contributed by atoms with Gasteiger partial charge in [-0.1, -0.05) is 12.1 Å². The van der Waals surface area contributed by atoms with E-state index < -0.39 is 0 Å². The van der Waals surface area contributed by atoms with Crippen molar-refractivity contribution in [2.24, 2.45) is 0 Å². The maximum atomic E-state index is 13.4. The summed E-state index contributed by atoms with van der Waals surface area (Å²) in [6.45, 7) is 4.33. The number of carbonyl (C=O) groups is 2. The second-order valence-corrected chi connectivity index (χ2v) is 8.09. The molecule has 132 valence electrons. The minimum Gasteiger partial charge on any atom is -0.335 e. The molecule has 3 rings (SSSR count). The van der Waals surface area contributed by atoms with Crippen molar-refractivity contribution >= 4 is 23.0 Å². The van der Waals surface area contributed by atoms with Gasteiger partial charge < -0.3 is 4.90 Å². The van der Waals surface area contributed by atoms with Gasteiger partial charge in [-0.2, -0.15) is 0 Å². The van der Waals surface area contributed by atoms with Gasteiger partial charge in [0.25, 0.3) is 0 Å². The third-order valence-electron chi connectivity index (χ3n) is 4.46. The number of carbonyl (C=O) groups excluding carboxylic acids is 2. The van der Waals surface area contributed by atoms with Gasteiger partial charge in [-0.15, -0.1) is 11.3 Å². The van der Waals surface area contributed by atoms with Gasteiger partial charge in [-0.05, 0) is 50.5 Å². The van der Waals surface area contributed by atoms with Gasteiger partial charge in [0.2, 0.25) is 5.91 Å². The fourth-order valence-electron chi connectivity index (χ4n) is 3.05. The molecule has 1 amide bonds. The summed E-state index contributed by atoms with van der Waals surface area (Å²) in [5.74, 6) is -0.291. The van der Waals surface area contributed by atoms with Gasteiger partial charge in [-0.25, -0.2) is 4.39 Å². The molecule has 0 aliphatic heterocycles. The first-order valence-corrected chi connectivity index (χ1v) is 9.40. The van der Waals surface area contributed by atoms with Crippen LogP contribution in [0, 0.1) is 19.7 Å². The van der Waals surface area contributed by atoms with Crippen molar-refractivity contribution in [1.82, 2.24) is 4.90 Å². The SMILES string of the molecule is Cc1cc(C(=O)CCC(=O)N(Cc2cccc(F)c2)C2CC2)c(C)s1. The summed E-state index contributed by atoms with van der Waals surface area (Å²) >= 11 is 1.60. The first kappa shape index (κ1) is 17.8. The maximum absolute atomic E-state index is 13.4. The second kappa shape index (κ2) is 7.48. The lowest BCUT2D eigenvalue weighted by Gasteiger charge is -2.22. The van der Waals surface area contributed by atoms with Crippen LogP contribution in [0.1, 0.15) is 51.4 Å². The van der Waals surface area contributed by atoms with Crippen LogP contribution in [0.15, 0.2) is 30.3 Å². The molecule has 1 aromatic heterocycles. The van der Waals surface area contributed by atoms with Crippen LogP contribution >= 0.6 is 11.3 Å².